The first-order valence-electron chi connectivity index (χ1n) is 8.32. The minimum atomic E-state index is -0.571. The standard InChI is InChI=1S/C19H15FN4O4/c1-27-13-3-2-12(21-6-13)10-28-16-5-14-11(4-15(16)20)9-24(19(14)26)17-7-23-18(25)8-22-17/h2-8H,9-10H2,1H3,(H,23,25). The summed E-state index contributed by atoms with van der Waals surface area (Å²) in [4.78, 5) is 25.9. The van der Waals surface area contributed by atoms with Gasteiger partial charge in [-0.25, -0.2) is 14.4 Å². The SMILES string of the molecule is COc1ccc(COc2cc3c(cc2F)CN(c2cnc(O)cn2)C3=O)nc1. The molecule has 4 rings (SSSR count). The van der Waals surface area contributed by atoms with E-state index < -0.39 is 5.82 Å². The Bertz CT molecular complexity index is 1030. The molecule has 0 radical (unpaired) electrons. The van der Waals surface area contributed by atoms with E-state index in [4.69, 9.17) is 9.47 Å². The maximum absolute atomic E-state index is 14.4. The molecule has 142 valence electrons. The summed E-state index contributed by atoms with van der Waals surface area (Å²) in [6.07, 6.45) is 3.96. The van der Waals surface area contributed by atoms with Crippen LogP contribution in [0.15, 0.2) is 42.9 Å². The van der Waals surface area contributed by atoms with Crippen molar-refractivity contribution in [2.45, 2.75) is 13.2 Å². The first kappa shape index (κ1) is 17.7. The van der Waals surface area contributed by atoms with Gasteiger partial charge in [0, 0.05) is 5.56 Å². The molecule has 3 heterocycles. The van der Waals surface area contributed by atoms with E-state index >= 15 is 0 Å². The molecule has 0 saturated heterocycles. The minimum absolute atomic E-state index is 0.0386. The highest BCUT2D eigenvalue weighted by Crippen LogP contribution is 2.32. The number of aromatic hydroxyl groups is 1. The normalized spacial score (nSPS) is 12.8. The van der Waals surface area contributed by atoms with Crippen molar-refractivity contribution >= 4 is 11.7 Å². The molecule has 2 aromatic heterocycles. The Labute approximate surface area is 159 Å². The summed E-state index contributed by atoms with van der Waals surface area (Å²) in [7, 11) is 1.54. The quantitative estimate of drug-likeness (QED) is 0.724. The van der Waals surface area contributed by atoms with E-state index in [0.717, 1.165) is 6.20 Å². The van der Waals surface area contributed by atoms with Crippen LogP contribution in [0, 0.1) is 5.82 Å². The molecule has 1 aliphatic heterocycles. The minimum Gasteiger partial charge on any atom is -0.495 e. The number of hydrogen-bond acceptors (Lipinski definition) is 7. The van der Waals surface area contributed by atoms with Crippen LogP contribution in [-0.2, 0) is 13.2 Å². The third kappa shape index (κ3) is 3.29. The number of fused-ring (bicyclic) bond motifs is 1. The topological polar surface area (TPSA) is 97.7 Å². The van der Waals surface area contributed by atoms with Gasteiger partial charge in [0.2, 0.25) is 5.88 Å². The molecule has 3 aromatic rings. The lowest BCUT2D eigenvalue weighted by molar-refractivity contribution is 0.0995. The van der Waals surface area contributed by atoms with E-state index in [9.17, 15) is 14.3 Å². The second-order valence-electron chi connectivity index (χ2n) is 6.04. The Hall–Kier alpha value is -3.75. The summed E-state index contributed by atoms with van der Waals surface area (Å²) in [5.74, 6) is -0.328. The van der Waals surface area contributed by atoms with Crippen molar-refractivity contribution in [3.8, 4) is 17.4 Å². The number of hydrogen-bond donors (Lipinski definition) is 1. The molecular weight excluding hydrogens is 367 g/mol. The summed E-state index contributed by atoms with van der Waals surface area (Å²) >= 11 is 0. The third-order valence-corrected chi connectivity index (χ3v) is 4.27. The van der Waals surface area contributed by atoms with E-state index in [1.165, 1.54) is 36.5 Å². The molecule has 9 heteroatoms. The number of anilines is 1. The highest BCUT2D eigenvalue weighted by molar-refractivity contribution is 6.09. The molecule has 1 amide bonds. The van der Waals surface area contributed by atoms with Crippen LogP contribution in [0.5, 0.6) is 17.4 Å². The second kappa shape index (κ2) is 7.10. The van der Waals surface area contributed by atoms with E-state index in [-0.39, 0.29) is 36.5 Å². The maximum atomic E-state index is 14.4. The third-order valence-electron chi connectivity index (χ3n) is 4.27. The summed E-state index contributed by atoms with van der Waals surface area (Å²) in [5, 5.41) is 9.24. The molecule has 0 spiro atoms. The van der Waals surface area contributed by atoms with Gasteiger partial charge in [-0.15, -0.1) is 0 Å². The highest BCUT2D eigenvalue weighted by atomic mass is 19.1. The van der Waals surface area contributed by atoms with Crippen molar-refractivity contribution in [3.05, 3.63) is 65.5 Å². The highest BCUT2D eigenvalue weighted by Gasteiger charge is 2.31. The van der Waals surface area contributed by atoms with Crippen LogP contribution in [0.3, 0.4) is 0 Å². The first-order chi connectivity index (χ1) is 13.5. The largest absolute Gasteiger partial charge is 0.495 e. The number of pyridine rings is 1. The monoisotopic (exact) mass is 382 g/mol. The fourth-order valence-electron chi connectivity index (χ4n) is 2.83. The Morgan fingerprint density at radius 1 is 1.18 bits per heavy atom. The number of aromatic nitrogens is 3. The average Bonchev–Trinajstić information content (AvgIpc) is 3.02. The van der Waals surface area contributed by atoms with Gasteiger partial charge in [0.25, 0.3) is 5.91 Å². The number of ether oxygens (including phenoxy) is 2. The number of halogens is 1. The number of carbonyl (C=O) groups is 1. The molecule has 0 bridgehead atoms. The molecule has 8 nitrogen and oxygen atoms in total. The van der Waals surface area contributed by atoms with Crippen LogP contribution in [-0.4, -0.2) is 33.1 Å². The van der Waals surface area contributed by atoms with Gasteiger partial charge in [-0.2, -0.15) is 0 Å². The predicted molar refractivity (Wildman–Crippen MR) is 95.7 cm³/mol. The Balaban J connectivity index is 1.53. The van der Waals surface area contributed by atoms with Gasteiger partial charge < -0.3 is 14.6 Å². The van der Waals surface area contributed by atoms with Crippen LogP contribution < -0.4 is 14.4 Å². The molecule has 0 unspecified atom stereocenters. The summed E-state index contributed by atoms with van der Waals surface area (Å²) in [5.41, 5.74) is 1.44. The van der Waals surface area contributed by atoms with E-state index in [0.29, 0.717) is 22.6 Å². The Morgan fingerprint density at radius 3 is 2.71 bits per heavy atom. The van der Waals surface area contributed by atoms with Crippen molar-refractivity contribution in [3.63, 3.8) is 0 Å². The maximum Gasteiger partial charge on any atom is 0.260 e. The van der Waals surface area contributed by atoms with E-state index in [1.54, 1.807) is 12.1 Å². The smallest absolute Gasteiger partial charge is 0.260 e. The molecule has 0 saturated carbocycles. The van der Waals surface area contributed by atoms with Crippen molar-refractivity contribution in [1.82, 2.24) is 15.0 Å². The van der Waals surface area contributed by atoms with Gasteiger partial charge in [0.15, 0.2) is 17.4 Å². The predicted octanol–water partition coefficient (Wildman–Crippen LogP) is 2.46. The summed E-state index contributed by atoms with van der Waals surface area (Å²) in [6, 6.07) is 6.09. The number of nitrogens with zero attached hydrogens (tertiary/aromatic N) is 4. The van der Waals surface area contributed by atoms with Crippen LogP contribution in [0.4, 0.5) is 10.2 Å². The van der Waals surface area contributed by atoms with Gasteiger partial charge >= 0.3 is 0 Å². The van der Waals surface area contributed by atoms with Gasteiger partial charge in [0.05, 0.1) is 37.9 Å². The van der Waals surface area contributed by atoms with Crippen molar-refractivity contribution in [2.75, 3.05) is 12.0 Å². The van der Waals surface area contributed by atoms with Crippen LogP contribution >= 0.6 is 0 Å². The average molecular weight is 382 g/mol. The van der Waals surface area contributed by atoms with Gasteiger partial charge in [-0.05, 0) is 29.8 Å². The summed E-state index contributed by atoms with van der Waals surface area (Å²) < 4.78 is 25.0. The zero-order valence-electron chi connectivity index (χ0n) is 14.8. The van der Waals surface area contributed by atoms with E-state index in [2.05, 4.69) is 15.0 Å². The number of benzene rings is 1. The van der Waals surface area contributed by atoms with E-state index in [1.807, 2.05) is 0 Å². The molecule has 1 aromatic carbocycles. The van der Waals surface area contributed by atoms with Crippen molar-refractivity contribution in [2.24, 2.45) is 0 Å². The molecule has 28 heavy (non-hydrogen) atoms. The van der Waals surface area contributed by atoms with Crippen molar-refractivity contribution in [1.29, 1.82) is 0 Å². The number of rotatable bonds is 5. The second-order valence-corrected chi connectivity index (χ2v) is 6.04. The molecule has 1 aliphatic rings. The Morgan fingerprint density at radius 2 is 2.04 bits per heavy atom. The van der Waals surface area contributed by atoms with Crippen LogP contribution in [0.1, 0.15) is 21.6 Å². The molecule has 1 N–H and O–H groups in total. The summed E-state index contributed by atoms with van der Waals surface area (Å²) in [6.45, 7) is 0.200. The number of amides is 1. The molecule has 0 fully saturated rings. The zero-order valence-corrected chi connectivity index (χ0v) is 14.8. The lowest BCUT2D eigenvalue weighted by Crippen LogP contribution is -2.24. The molecule has 0 aliphatic carbocycles. The fraction of sp³-hybridized carbons (Fsp3) is 0.158. The lowest BCUT2D eigenvalue weighted by atomic mass is 10.1. The number of carbonyl (C=O) groups excluding carboxylic acids is 1. The van der Waals surface area contributed by atoms with Gasteiger partial charge in [-0.3, -0.25) is 14.7 Å². The van der Waals surface area contributed by atoms with Crippen molar-refractivity contribution < 1.29 is 23.8 Å². The fourth-order valence-corrected chi connectivity index (χ4v) is 2.83. The van der Waals surface area contributed by atoms with Gasteiger partial charge in [0.1, 0.15) is 12.4 Å². The number of methoxy groups -OCH3 is 1. The van der Waals surface area contributed by atoms with Gasteiger partial charge in [-0.1, -0.05) is 0 Å². The first-order valence-corrected chi connectivity index (χ1v) is 8.32. The molecular formula is C19H15FN4O4. The van der Waals surface area contributed by atoms with Crippen LogP contribution in [0.25, 0.3) is 0 Å². The zero-order chi connectivity index (χ0) is 19.7. The lowest BCUT2D eigenvalue weighted by Gasteiger charge is -2.13. The Kier molecular flexibility index (Phi) is 4.48. The van der Waals surface area contributed by atoms with Crippen LogP contribution in [0.2, 0.25) is 0 Å². The molecule has 0 atom stereocenters.